The second-order valence-corrected chi connectivity index (χ2v) is 11.0. The van der Waals surface area contributed by atoms with Crippen LogP contribution in [-0.2, 0) is 22.4 Å². The Kier molecular flexibility index (Phi) is 9.05. The first-order valence-corrected chi connectivity index (χ1v) is 13.7. The molecule has 0 fully saturated rings. The van der Waals surface area contributed by atoms with Gasteiger partial charge >= 0.3 is 0 Å². The van der Waals surface area contributed by atoms with Crippen LogP contribution in [0, 0.1) is 5.92 Å². The third kappa shape index (κ3) is 6.89. The maximum Gasteiger partial charge on any atom is 0.242 e. The molecule has 0 saturated heterocycles. The number of benzene rings is 2. The van der Waals surface area contributed by atoms with E-state index < -0.39 is 0 Å². The van der Waals surface area contributed by atoms with E-state index in [1.165, 1.54) is 4.88 Å². The summed E-state index contributed by atoms with van der Waals surface area (Å²) < 4.78 is 6.09. The van der Waals surface area contributed by atoms with Gasteiger partial charge < -0.3 is 14.5 Å². The molecule has 0 N–H and O–H groups in total. The Balaban J connectivity index is 1.49. The quantitative estimate of drug-likeness (QED) is 0.325. The highest BCUT2D eigenvalue weighted by Gasteiger charge is 2.33. The van der Waals surface area contributed by atoms with Crippen LogP contribution in [-0.4, -0.2) is 47.9 Å². The first kappa shape index (κ1) is 26.2. The molecule has 1 aliphatic rings. The van der Waals surface area contributed by atoms with E-state index in [4.69, 9.17) is 16.3 Å². The number of hydrogen-bond acceptors (Lipinski definition) is 4. The normalized spacial score (nSPS) is 15.0. The van der Waals surface area contributed by atoms with Crippen LogP contribution < -0.4 is 4.74 Å². The Morgan fingerprint density at radius 1 is 1.11 bits per heavy atom. The number of amides is 2. The number of carbonyl (C=O) groups is 2. The van der Waals surface area contributed by atoms with E-state index in [2.05, 4.69) is 25.3 Å². The SMILES string of the molecule is CC(C)CCN(CC(=O)N1CCc2sccc2[C@H]1COc1ccc(Cl)cc1)C(=O)Cc1ccccc1. The first-order chi connectivity index (χ1) is 17.4. The molecule has 0 spiro atoms. The lowest BCUT2D eigenvalue weighted by Gasteiger charge is -2.37. The molecule has 7 heteroatoms. The van der Waals surface area contributed by atoms with Crippen LogP contribution in [0.25, 0.3) is 0 Å². The first-order valence-electron chi connectivity index (χ1n) is 12.5. The summed E-state index contributed by atoms with van der Waals surface area (Å²) in [4.78, 5) is 31.8. The van der Waals surface area contributed by atoms with Crippen molar-refractivity contribution in [1.29, 1.82) is 0 Å². The minimum Gasteiger partial charge on any atom is -0.491 e. The third-order valence-electron chi connectivity index (χ3n) is 6.49. The lowest BCUT2D eigenvalue weighted by atomic mass is 10.00. The molecule has 1 aromatic heterocycles. The molecule has 190 valence electrons. The van der Waals surface area contributed by atoms with Gasteiger partial charge in [0, 0.05) is 23.0 Å². The van der Waals surface area contributed by atoms with Gasteiger partial charge in [0.05, 0.1) is 19.0 Å². The molecule has 0 aliphatic carbocycles. The molecule has 1 aliphatic heterocycles. The summed E-state index contributed by atoms with van der Waals surface area (Å²) >= 11 is 7.73. The monoisotopic (exact) mass is 524 g/mol. The van der Waals surface area contributed by atoms with Crippen LogP contribution in [0.15, 0.2) is 66.0 Å². The molecule has 2 heterocycles. The lowest BCUT2D eigenvalue weighted by Crippen LogP contribution is -2.48. The van der Waals surface area contributed by atoms with Crippen molar-refractivity contribution in [2.75, 3.05) is 26.2 Å². The standard InChI is InChI=1S/C29H33ClN2O3S/c1-21(2)12-15-31(28(33)18-22-6-4-3-5-7-22)19-29(34)32-16-13-27-25(14-17-36-27)26(32)20-35-24-10-8-23(30)9-11-24/h3-11,14,17,21,26H,12-13,15-16,18-20H2,1-2H3/t26-/m1/s1. The molecular weight excluding hydrogens is 492 g/mol. The third-order valence-corrected chi connectivity index (χ3v) is 7.74. The molecule has 0 bridgehead atoms. The van der Waals surface area contributed by atoms with Crippen LogP contribution in [0.5, 0.6) is 5.75 Å². The fourth-order valence-corrected chi connectivity index (χ4v) is 5.48. The Morgan fingerprint density at radius 3 is 2.58 bits per heavy atom. The number of rotatable bonds is 10. The Labute approximate surface area is 222 Å². The van der Waals surface area contributed by atoms with Crippen molar-refractivity contribution in [2.24, 2.45) is 5.92 Å². The zero-order valence-electron chi connectivity index (χ0n) is 20.9. The summed E-state index contributed by atoms with van der Waals surface area (Å²) in [6, 6.07) is 18.9. The zero-order chi connectivity index (χ0) is 25.5. The number of hydrogen-bond donors (Lipinski definition) is 0. The predicted octanol–water partition coefficient (Wildman–Crippen LogP) is 6.02. The number of thiophene rings is 1. The van der Waals surface area contributed by atoms with Gasteiger partial charge in [0.1, 0.15) is 12.4 Å². The molecular formula is C29H33ClN2O3S. The number of nitrogens with zero attached hydrogens (tertiary/aromatic N) is 2. The van der Waals surface area contributed by atoms with E-state index in [0.29, 0.717) is 42.8 Å². The summed E-state index contributed by atoms with van der Waals surface area (Å²) in [6.45, 7) is 5.88. The van der Waals surface area contributed by atoms with Gasteiger partial charge in [-0.15, -0.1) is 11.3 Å². The van der Waals surface area contributed by atoms with Gasteiger partial charge in [-0.2, -0.15) is 0 Å². The van der Waals surface area contributed by atoms with E-state index in [0.717, 1.165) is 24.0 Å². The maximum absolute atomic E-state index is 13.7. The van der Waals surface area contributed by atoms with Gasteiger partial charge in [-0.25, -0.2) is 0 Å². The Morgan fingerprint density at radius 2 is 1.86 bits per heavy atom. The smallest absolute Gasteiger partial charge is 0.242 e. The molecule has 3 aromatic rings. The van der Waals surface area contributed by atoms with E-state index in [1.807, 2.05) is 47.4 Å². The molecule has 0 radical (unpaired) electrons. The summed E-state index contributed by atoms with van der Waals surface area (Å²) in [6.07, 6.45) is 1.97. The van der Waals surface area contributed by atoms with Crippen LogP contribution >= 0.6 is 22.9 Å². The van der Waals surface area contributed by atoms with Crippen LogP contribution in [0.2, 0.25) is 5.02 Å². The minimum absolute atomic E-state index is 0.0163. The van der Waals surface area contributed by atoms with Crippen molar-refractivity contribution in [3.05, 3.63) is 87.1 Å². The molecule has 0 saturated carbocycles. The number of halogens is 1. The topological polar surface area (TPSA) is 49.9 Å². The maximum atomic E-state index is 13.7. The Bertz CT molecular complexity index is 1150. The molecule has 36 heavy (non-hydrogen) atoms. The minimum atomic E-state index is -0.195. The highest BCUT2D eigenvalue weighted by molar-refractivity contribution is 7.10. The summed E-state index contributed by atoms with van der Waals surface area (Å²) in [5, 5.41) is 2.73. The lowest BCUT2D eigenvalue weighted by molar-refractivity contribution is -0.142. The summed E-state index contributed by atoms with van der Waals surface area (Å²) in [5.41, 5.74) is 2.09. The summed E-state index contributed by atoms with van der Waals surface area (Å²) in [7, 11) is 0. The van der Waals surface area contributed by atoms with Crippen LogP contribution in [0.3, 0.4) is 0 Å². The molecule has 5 nitrogen and oxygen atoms in total. The highest BCUT2D eigenvalue weighted by atomic mass is 35.5. The molecule has 4 rings (SSSR count). The van der Waals surface area contributed by atoms with Gasteiger partial charge in [0.25, 0.3) is 0 Å². The number of carbonyl (C=O) groups excluding carboxylic acids is 2. The predicted molar refractivity (Wildman–Crippen MR) is 146 cm³/mol. The molecule has 2 aromatic carbocycles. The van der Waals surface area contributed by atoms with Crippen molar-refractivity contribution in [2.45, 2.75) is 39.2 Å². The molecule has 0 unspecified atom stereocenters. The van der Waals surface area contributed by atoms with E-state index in [1.54, 1.807) is 28.4 Å². The van der Waals surface area contributed by atoms with Crippen LogP contribution in [0.1, 0.15) is 42.3 Å². The van der Waals surface area contributed by atoms with Crippen LogP contribution in [0.4, 0.5) is 0 Å². The largest absolute Gasteiger partial charge is 0.491 e. The number of fused-ring (bicyclic) bond motifs is 1. The highest BCUT2D eigenvalue weighted by Crippen LogP contribution is 2.34. The van der Waals surface area contributed by atoms with E-state index >= 15 is 0 Å². The average molecular weight is 525 g/mol. The van der Waals surface area contributed by atoms with Crippen molar-refractivity contribution in [3.8, 4) is 5.75 Å². The van der Waals surface area contributed by atoms with Gasteiger partial charge in [-0.3, -0.25) is 9.59 Å². The summed E-state index contributed by atoms with van der Waals surface area (Å²) in [5.74, 6) is 1.10. The van der Waals surface area contributed by atoms with Gasteiger partial charge in [-0.1, -0.05) is 55.8 Å². The molecule has 2 amide bonds. The van der Waals surface area contributed by atoms with E-state index in [-0.39, 0.29) is 24.4 Å². The van der Waals surface area contributed by atoms with Crippen molar-refractivity contribution < 1.29 is 14.3 Å². The van der Waals surface area contributed by atoms with Gasteiger partial charge in [-0.05, 0) is 65.6 Å². The average Bonchev–Trinajstić information content (AvgIpc) is 3.35. The fraction of sp³-hybridized carbons (Fsp3) is 0.379. The van der Waals surface area contributed by atoms with E-state index in [9.17, 15) is 9.59 Å². The zero-order valence-corrected chi connectivity index (χ0v) is 22.4. The fourth-order valence-electron chi connectivity index (χ4n) is 4.42. The molecule has 1 atom stereocenters. The van der Waals surface area contributed by atoms with Crippen molar-refractivity contribution in [3.63, 3.8) is 0 Å². The number of ether oxygens (including phenoxy) is 1. The Hall–Kier alpha value is -2.83. The second kappa shape index (κ2) is 12.4. The van der Waals surface area contributed by atoms with Crippen molar-refractivity contribution in [1.82, 2.24) is 9.80 Å². The van der Waals surface area contributed by atoms with Crippen molar-refractivity contribution >= 4 is 34.8 Å². The van der Waals surface area contributed by atoms with Gasteiger partial charge in [0.15, 0.2) is 0 Å². The van der Waals surface area contributed by atoms with Gasteiger partial charge in [0.2, 0.25) is 11.8 Å². The second-order valence-electron chi connectivity index (χ2n) is 9.58.